The van der Waals surface area contributed by atoms with Gasteiger partial charge in [0.2, 0.25) is 0 Å². The SMILES string of the molecule is Nc1ccn([C@@H]2O[C@H](C#C[P+]([O-])([O-])O)[C@@H](O)[C@H]2O)c(=O)n1. The summed E-state index contributed by atoms with van der Waals surface area (Å²) < 4.78 is 6.00. The molecule has 21 heavy (non-hydrogen) atoms. The summed E-state index contributed by atoms with van der Waals surface area (Å²) in [6.07, 6.45) is -4.63. The summed E-state index contributed by atoms with van der Waals surface area (Å²) in [5.41, 5.74) is 5.99. The number of aromatic nitrogens is 2. The van der Waals surface area contributed by atoms with E-state index >= 15 is 0 Å². The molecule has 10 nitrogen and oxygen atoms in total. The highest BCUT2D eigenvalue weighted by atomic mass is 31.2. The van der Waals surface area contributed by atoms with Crippen molar-refractivity contribution in [2.45, 2.75) is 24.5 Å². The Bertz CT molecular complexity index is 647. The maximum absolute atomic E-state index is 11.6. The van der Waals surface area contributed by atoms with Crippen molar-refractivity contribution in [1.29, 1.82) is 0 Å². The van der Waals surface area contributed by atoms with Crippen molar-refractivity contribution < 1.29 is 29.6 Å². The van der Waals surface area contributed by atoms with Crippen LogP contribution in [-0.2, 0) is 4.74 Å². The van der Waals surface area contributed by atoms with Gasteiger partial charge in [0.15, 0.2) is 12.3 Å². The molecule has 0 aliphatic carbocycles. The van der Waals surface area contributed by atoms with Crippen LogP contribution in [0.4, 0.5) is 5.82 Å². The highest BCUT2D eigenvalue weighted by Crippen LogP contribution is 2.33. The summed E-state index contributed by atoms with van der Waals surface area (Å²) >= 11 is 0. The number of nitrogens with zero attached hydrogens (tertiary/aromatic N) is 2. The first-order valence-corrected chi connectivity index (χ1v) is 7.19. The standard InChI is InChI=1S/C10H12N3O7P/c11-6-1-3-13(10(16)12-6)9-8(15)7(14)5(20-9)2-4-21(17,18)19/h1,3,5,7-9,14-15H,(H2,11,12,16)(H2,17,18,19)/p-1/t5-,7-,8-,9-/m1/s1. The average molecular weight is 316 g/mol. The molecule has 0 amide bonds. The van der Waals surface area contributed by atoms with Gasteiger partial charge in [-0.15, -0.1) is 0 Å². The first-order valence-electron chi connectivity index (χ1n) is 5.62. The van der Waals surface area contributed by atoms with Crippen LogP contribution < -0.4 is 21.2 Å². The molecule has 114 valence electrons. The van der Waals surface area contributed by atoms with Gasteiger partial charge in [-0.25, -0.2) is 9.69 Å². The van der Waals surface area contributed by atoms with E-state index in [1.165, 1.54) is 17.9 Å². The van der Waals surface area contributed by atoms with E-state index in [2.05, 4.69) is 4.98 Å². The molecule has 1 aromatic rings. The molecular formula is C10H11N3O7P-. The number of hydrogen-bond acceptors (Lipinski definition) is 9. The normalized spacial score (nSPS) is 29.0. The van der Waals surface area contributed by atoms with Gasteiger partial charge in [-0.05, 0) is 12.0 Å². The van der Waals surface area contributed by atoms with Crippen molar-refractivity contribution in [2.24, 2.45) is 0 Å². The number of rotatable bonds is 1. The Hall–Kier alpha value is -1.57. The molecule has 1 saturated heterocycles. The van der Waals surface area contributed by atoms with E-state index in [1.807, 2.05) is 5.92 Å². The van der Waals surface area contributed by atoms with Crippen LogP contribution in [0, 0.1) is 11.6 Å². The molecule has 0 radical (unpaired) electrons. The van der Waals surface area contributed by atoms with Gasteiger partial charge in [-0.3, -0.25) is 4.57 Å². The second-order valence-electron chi connectivity index (χ2n) is 4.25. The Morgan fingerprint density at radius 2 is 2.10 bits per heavy atom. The minimum atomic E-state index is -4.85. The molecule has 1 fully saturated rings. The fraction of sp³-hybridized carbons (Fsp3) is 0.400. The second-order valence-corrected chi connectivity index (χ2v) is 5.51. The van der Waals surface area contributed by atoms with Crippen LogP contribution in [0.2, 0.25) is 0 Å². The molecule has 5 N–H and O–H groups in total. The Morgan fingerprint density at radius 1 is 1.43 bits per heavy atom. The molecule has 2 heterocycles. The molecular weight excluding hydrogens is 305 g/mol. The van der Waals surface area contributed by atoms with Gasteiger partial charge >= 0.3 is 5.69 Å². The molecule has 4 atom stereocenters. The summed E-state index contributed by atoms with van der Waals surface area (Å²) in [6.45, 7) is 0. The summed E-state index contributed by atoms with van der Waals surface area (Å²) in [6, 6.07) is 1.28. The quantitative estimate of drug-likeness (QED) is 0.296. The van der Waals surface area contributed by atoms with Crippen LogP contribution in [0.3, 0.4) is 0 Å². The molecule has 0 aromatic carbocycles. The first-order chi connectivity index (χ1) is 9.69. The molecule has 1 aromatic heterocycles. The minimum Gasteiger partial charge on any atom is -0.649 e. The number of nitrogens with two attached hydrogens (primary N) is 1. The van der Waals surface area contributed by atoms with E-state index in [4.69, 9.17) is 15.4 Å². The smallest absolute Gasteiger partial charge is 0.351 e. The van der Waals surface area contributed by atoms with Crippen molar-refractivity contribution in [1.82, 2.24) is 9.55 Å². The van der Waals surface area contributed by atoms with E-state index in [9.17, 15) is 24.8 Å². The third kappa shape index (κ3) is 3.55. The van der Waals surface area contributed by atoms with Gasteiger partial charge in [0.25, 0.3) is 0 Å². The van der Waals surface area contributed by atoms with Crippen molar-refractivity contribution in [3.63, 3.8) is 0 Å². The summed E-state index contributed by atoms with van der Waals surface area (Å²) in [5.74, 6) is 1.93. The number of hydrogen-bond donors (Lipinski definition) is 4. The fourth-order valence-electron chi connectivity index (χ4n) is 1.77. The highest BCUT2D eigenvalue weighted by Gasteiger charge is 2.43. The van der Waals surface area contributed by atoms with Crippen molar-refractivity contribution in [3.05, 3.63) is 22.7 Å². The van der Waals surface area contributed by atoms with Crippen LogP contribution in [0.1, 0.15) is 6.23 Å². The topological polar surface area (TPSA) is 177 Å². The van der Waals surface area contributed by atoms with Crippen molar-refractivity contribution in [3.8, 4) is 11.6 Å². The Morgan fingerprint density at radius 3 is 2.67 bits per heavy atom. The van der Waals surface area contributed by atoms with Crippen LogP contribution in [0.15, 0.2) is 17.1 Å². The van der Waals surface area contributed by atoms with Crippen molar-refractivity contribution >= 4 is 13.8 Å². The Labute approximate surface area is 118 Å². The van der Waals surface area contributed by atoms with E-state index < -0.39 is 38.2 Å². The highest BCUT2D eigenvalue weighted by molar-refractivity contribution is 7.61. The van der Waals surface area contributed by atoms with Gasteiger partial charge in [-0.1, -0.05) is 0 Å². The van der Waals surface area contributed by atoms with E-state index in [0.29, 0.717) is 0 Å². The summed E-state index contributed by atoms with van der Waals surface area (Å²) in [5, 5.41) is 19.6. The summed E-state index contributed by atoms with van der Waals surface area (Å²) in [4.78, 5) is 44.7. The molecule has 0 bridgehead atoms. The number of anilines is 1. The van der Waals surface area contributed by atoms with Gasteiger partial charge in [0.05, 0.1) is 5.66 Å². The van der Waals surface area contributed by atoms with E-state index in [0.717, 1.165) is 4.57 Å². The zero-order valence-corrected chi connectivity index (χ0v) is 11.3. The van der Waals surface area contributed by atoms with E-state index in [-0.39, 0.29) is 5.82 Å². The predicted molar refractivity (Wildman–Crippen MR) is 65.7 cm³/mol. The molecule has 1 aliphatic rings. The van der Waals surface area contributed by atoms with E-state index in [1.54, 1.807) is 0 Å². The molecule has 0 saturated carbocycles. The van der Waals surface area contributed by atoms with Crippen LogP contribution in [-0.4, -0.2) is 43.0 Å². The van der Waals surface area contributed by atoms with Gasteiger partial charge in [0.1, 0.15) is 26.0 Å². The fourth-order valence-corrected chi connectivity index (χ4v) is 2.06. The monoisotopic (exact) mass is 316 g/mol. The van der Waals surface area contributed by atoms with Crippen molar-refractivity contribution in [2.75, 3.05) is 5.73 Å². The molecule has 0 spiro atoms. The van der Waals surface area contributed by atoms with Gasteiger partial charge < -0.3 is 30.5 Å². The second kappa shape index (κ2) is 5.67. The van der Waals surface area contributed by atoms with Crippen LogP contribution in [0.25, 0.3) is 0 Å². The minimum absolute atomic E-state index is 0.0341. The summed E-state index contributed by atoms with van der Waals surface area (Å²) in [7, 11) is -4.85. The lowest BCUT2D eigenvalue weighted by Gasteiger charge is -2.19. The number of aliphatic hydroxyl groups is 2. The van der Waals surface area contributed by atoms with Crippen LogP contribution >= 0.6 is 7.94 Å². The third-order valence-corrected chi connectivity index (χ3v) is 3.12. The lowest BCUT2D eigenvalue weighted by Crippen LogP contribution is -2.35. The average Bonchev–Trinajstić information content (AvgIpc) is 2.64. The zero-order valence-electron chi connectivity index (χ0n) is 10.4. The lowest BCUT2D eigenvalue weighted by molar-refractivity contribution is -0.325. The number of aliphatic hydroxyl groups excluding tert-OH is 2. The van der Waals surface area contributed by atoms with Gasteiger partial charge in [0, 0.05) is 6.20 Å². The zero-order chi connectivity index (χ0) is 15.8. The third-order valence-electron chi connectivity index (χ3n) is 2.71. The van der Waals surface area contributed by atoms with Crippen LogP contribution in [0.5, 0.6) is 0 Å². The molecule has 11 heteroatoms. The number of nitrogen functional groups attached to an aromatic ring is 1. The number of ether oxygens (including phenoxy) is 1. The lowest BCUT2D eigenvalue weighted by atomic mass is 10.1. The van der Waals surface area contributed by atoms with Gasteiger partial charge in [-0.2, -0.15) is 4.98 Å². The maximum atomic E-state index is 11.6. The largest absolute Gasteiger partial charge is 0.649 e. The first kappa shape index (κ1) is 15.8. The molecule has 1 aliphatic heterocycles. The maximum Gasteiger partial charge on any atom is 0.351 e. The Balaban J connectivity index is 2.27. The predicted octanol–water partition coefficient (Wildman–Crippen LogP) is -4.12. The Kier molecular flexibility index (Phi) is 4.27. The molecule has 0 unspecified atom stereocenters. The molecule has 2 rings (SSSR count).